The lowest BCUT2D eigenvalue weighted by atomic mass is 10.0. The highest BCUT2D eigenvalue weighted by Gasteiger charge is 2.25. The predicted octanol–water partition coefficient (Wildman–Crippen LogP) is 0.656. The summed E-state index contributed by atoms with van der Waals surface area (Å²) in [5.41, 5.74) is 14.5. The number of carbonyl (C=O) groups excluding carboxylic acids is 1. The number of hydrogen-bond acceptors (Lipinski definition) is 7. The van der Waals surface area contributed by atoms with Crippen LogP contribution in [0.1, 0.15) is 22.5 Å². The maximum absolute atomic E-state index is 13.6. The van der Waals surface area contributed by atoms with Crippen LogP contribution < -0.4 is 27.4 Å². The molecule has 1 saturated heterocycles. The second-order valence-corrected chi connectivity index (χ2v) is 7.58. The Bertz CT molecular complexity index is 995. The number of benzene rings is 1. The normalized spacial score (nSPS) is 19.8. The van der Waals surface area contributed by atoms with Crippen LogP contribution in [0.3, 0.4) is 0 Å². The molecule has 1 aromatic carbocycles. The van der Waals surface area contributed by atoms with E-state index in [1.54, 1.807) is 13.3 Å². The molecule has 3 unspecified atom stereocenters. The van der Waals surface area contributed by atoms with Crippen molar-refractivity contribution in [3.05, 3.63) is 41.9 Å². The summed E-state index contributed by atoms with van der Waals surface area (Å²) < 4.78 is 13.6. The molecule has 6 N–H and O–H groups in total. The molecule has 8 nitrogen and oxygen atoms in total. The zero-order chi connectivity index (χ0) is 21.7. The van der Waals surface area contributed by atoms with Crippen molar-refractivity contribution >= 4 is 38.1 Å². The van der Waals surface area contributed by atoms with Crippen LogP contribution in [0.2, 0.25) is 0 Å². The fraction of sp³-hybridized carbons (Fsp3) is 0.300. The lowest BCUT2D eigenvalue weighted by Crippen LogP contribution is -2.49. The largest absolute Gasteiger partial charge is 0.404 e. The zero-order valence-electron chi connectivity index (χ0n) is 16.6. The van der Waals surface area contributed by atoms with Gasteiger partial charge in [0, 0.05) is 56.2 Å². The quantitative estimate of drug-likeness (QED) is 0.408. The Hall–Kier alpha value is -2.90. The minimum atomic E-state index is -1.00. The average molecular weight is 429 g/mol. The molecule has 3 atom stereocenters. The number of nitrogens with two attached hydrogens (primary N) is 2. The summed E-state index contributed by atoms with van der Waals surface area (Å²) in [6, 6.07) is 5.37. The van der Waals surface area contributed by atoms with Crippen molar-refractivity contribution in [3.8, 4) is 11.3 Å². The van der Waals surface area contributed by atoms with Gasteiger partial charge in [0.2, 0.25) is 0 Å². The van der Waals surface area contributed by atoms with E-state index in [0.717, 1.165) is 22.0 Å². The molecule has 1 aromatic heterocycles. The van der Waals surface area contributed by atoms with Gasteiger partial charge in [-0.25, -0.2) is 14.4 Å². The summed E-state index contributed by atoms with van der Waals surface area (Å²) in [6.45, 7) is 0.781. The van der Waals surface area contributed by atoms with Crippen molar-refractivity contribution in [2.24, 2.45) is 10.7 Å². The van der Waals surface area contributed by atoms with Crippen LogP contribution >= 0.6 is 9.24 Å². The molecule has 0 spiro atoms. The molecule has 2 aromatic rings. The minimum absolute atomic E-state index is 0.00740. The molecule has 1 aliphatic heterocycles. The maximum atomic E-state index is 13.6. The number of aromatic nitrogens is 2. The number of nitrogens with one attached hydrogen (secondary N) is 2. The van der Waals surface area contributed by atoms with Gasteiger partial charge >= 0.3 is 0 Å². The van der Waals surface area contributed by atoms with Crippen molar-refractivity contribution in [2.75, 3.05) is 25.9 Å². The summed E-state index contributed by atoms with van der Waals surface area (Å²) in [4.78, 5) is 25.3. The van der Waals surface area contributed by atoms with E-state index in [4.69, 9.17) is 11.5 Å². The summed E-state index contributed by atoms with van der Waals surface area (Å²) in [5, 5.41) is 6.60. The van der Waals surface area contributed by atoms with E-state index in [9.17, 15) is 9.18 Å². The number of nitrogens with zero attached hydrogens (tertiary/aromatic N) is 3. The molecular weight excluding hydrogens is 404 g/mol. The van der Waals surface area contributed by atoms with Gasteiger partial charge in [-0.15, -0.1) is 9.24 Å². The Morgan fingerprint density at radius 3 is 2.93 bits per heavy atom. The minimum Gasteiger partial charge on any atom is -0.404 e. The van der Waals surface area contributed by atoms with E-state index >= 15 is 0 Å². The lowest BCUT2D eigenvalue weighted by Gasteiger charge is -2.26. The predicted molar refractivity (Wildman–Crippen MR) is 121 cm³/mol. The van der Waals surface area contributed by atoms with Crippen LogP contribution in [0.15, 0.2) is 35.6 Å². The zero-order valence-corrected chi connectivity index (χ0v) is 17.8. The van der Waals surface area contributed by atoms with Crippen molar-refractivity contribution in [2.45, 2.75) is 18.6 Å². The maximum Gasteiger partial charge on any atom is 0.274 e. The molecule has 0 saturated carbocycles. The number of nitrogen functional groups attached to an aromatic ring is 1. The highest BCUT2D eigenvalue weighted by Crippen LogP contribution is 2.23. The van der Waals surface area contributed by atoms with Crippen LogP contribution in [0, 0.1) is 0 Å². The number of hydrogen-bond donors (Lipinski definition) is 4. The molecule has 1 aliphatic rings. The van der Waals surface area contributed by atoms with E-state index in [1.165, 1.54) is 12.4 Å². The van der Waals surface area contributed by atoms with Gasteiger partial charge in [-0.3, -0.25) is 9.79 Å². The van der Waals surface area contributed by atoms with Gasteiger partial charge in [0.1, 0.15) is 6.17 Å². The van der Waals surface area contributed by atoms with Gasteiger partial charge in [-0.1, -0.05) is 12.1 Å². The Morgan fingerprint density at radius 1 is 1.43 bits per heavy atom. The van der Waals surface area contributed by atoms with E-state index in [1.807, 2.05) is 18.2 Å². The third kappa shape index (κ3) is 4.98. The van der Waals surface area contributed by atoms with Gasteiger partial charge in [-0.05, 0) is 16.9 Å². The van der Waals surface area contributed by atoms with E-state index in [2.05, 4.69) is 34.8 Å². The summed E-state index contributed by atoms with van der Waals surface area (Å²) in [6.07, 6.45) is 3.89. The topological polar surface area (TPSA) is 131 Å². The fourth-order valence-electron chi connectivity index (χ4n) is 3.26. The monoisotopic (exact) mass is 429 g/mol. The number of aliphatic imine (C=N–C) groups is 1. The second-order valence-electron chi connectivity index (χ2n) is 6.96. The molecule has 3 rings (SSSR count). The number of carbonyl (C=O) groups is 1. The number of alkyl halides is 1. The molecule has 0 radical (unpaired) electrons. The standard InChI is InChI=1S/C20H25FN7OP/c1-24-7-12(6-22)11-2-3-17(30)15(4-11)16-10-26-19(23)18(28-16)20(29)27-14-5-13(21)8-25-9-14/h2-4,6-7,10,13-14,25H,5,8-9,22,30H2,1H3,(H2,23,26)(H,27,29). The Morgan fingerprint density at radius 2 is 2.23 bits per heavy atom. The highest BCUT2D eigenvalue weighted by atomic mass is 31.0. The number of halogens is 1. The first kappa shape index (κ1) is 21.8. The number of anilines is 1. The molecule has 30 heavy (non-hydrogen) atoms. The van der Waals surface area contributed by atoms with E-state index in [-0.39, 0.29) is 24.0 Å². The van der Waals surface area contributed by atoms with E-state index in [0.29, 0.717) is 18.8 Å². The van der Waals surface area contributed by atoms with Crippen molar-refractivity contribution in [1.29, 1.82) is 0 Å². The van der Waals surface area contributed by atoms with Gasteiger partial charge < -0.3 is 22.1 Å². The summed E-state index contributed by atoms with van der Waals surface area (Å²) >= 11 is 0. The third-order valence-electron chi connectivity index (χ3n) is 4.76. The van der Waals surface area contributed by atoms with Gasteiger partial charge in [-0.2, -0.15) is 0 Å². The Balaban J connectivity index is 1.92. The van der Waals surface area contributed by atoms with Crippen LogP contribution in [0.4, 0.5) is 10.2 Å². The van der Waals surface area contributed by atoms with Crippen LogP contribution in [0.5, 0.6) is 0 Å². The number of rotatable bonds is 5. The molecule has 10 heteroatoms. The fourth-order valence-corrected chi connectivity index (χ4v) is 3.59. The first-order valence-corrected chi connectivity index (χ1v) is 10.0. The Labute approximate surface area is 176 Å². The smallest absolute Gasteiger partial charge is 0.274 e. The second kappa shape index (κ2) is 9.73. The first-order chi connectivity index (χ1) is 14.4. The first-order valence-electron chi connectivity index (χ1n) is 9.45. The molecule has 1 fully saturated rings. The van der Waals surface area contributed by atoms with Gasteiger partial charge in [0.15, 0.2) is 11.5 Å². The average Bonchev–Trinajstić information content (AvgIpc) is 2.73. The van der Waals surface area contributed by atoms with Crippen LogP contribution in [-0.2, 0) is 0 Å². The Kier molecular flexibility index (Phi) is 7.07. The van der Waals surface area contributed by atoms with Crippen LogP contribution in [0.25, 0.3) is 16.8 Å². The number of allylic oxidation sites excluding steroid dienone is 1. The summed E-state index contributed by atoms with van der Waals surface area (Å²) in [5.74, 6) is -0.469. The van der Waals surface area contributed by atoms with Crippen molar-refractivity contribution < 1.29 is 9.18 Å². The third-order valence-corrected chi connectivity index (χ3v) is 5.26. The lowest BCUT2D eigenvalue weighted by molar-refractivity contribution is 0.0914. The van der Waals surface area contributed by atoms with E-state index < -0.39 is 12.1 Å². The molecule has 158 valence electrons. The van der Waals surface area contributed by atoms with Gasteiger partial charge in [0.05, 0.1) is 11.9 Å². The molecule has 0 bridgehead atoms. The molecule has 0 aliphatic carbocycles. The molecule has 2 heterocycles. The van der Waals surface area contributed by atoms with Gasteiger partial charge in [0.25, 0.3) is 5.91 Å². The van der Waals surface area contributed by atoms with Crippen LogP contribution in [-0.4, -0.2) is 54.4 Å². The van der Waals surface area contributed by atoms with Crippen molar-refractivity contribution in [3.63, 3.8) is 0 Å². The SMILES string of the molecule is CN=CC(=CN)c1ccc(P)c(-c2cnc(N)c(C(=O)NC3CNCC(F)C3)n2)c1. The number of amides is 1. The highest BCUT2D eigenvalue weighted by molar-refractivity contribution is 7.28. The summed E-state index contributed by atoms with van der Waals surface area (Å²) in [7, 11) is 4.30. The molecular formula is C20H25FN7OP. The van der Waals surface area contributed by atoms with Crippen molar-refractivity contribution in [1.82, 2.24) is 20.6 Å². The number of piperidine rings is 1. The molecule has 1 amide bonds.